The van der Waals surface area contributed by atoms with Crippen molar-refractivity contribution in [2.24, 2.45) is 0 Å². The van der Waals surface area contributed by atoms with Crippen LogP contribution in [0.1, 0.15) is 18.1 Å². The zero-order valence-electron chi connectivity index (χ0n) is 16.0. The third-order valence-corrected chi connectivity index (χ3v) is 4.17. The smallest absolute Gasteiger partial charge is 0.331 e. The highest BCUT2D eigenvalue weighted by molar-refractivity contribution is 6.32. The average Bonchev–Trinajstić information content (AvgIpc) is 2.70. The number of anilines is 1. The number of nitrogens with one attached hydrogen (secondary N) is 1. The molecular formula is C21H22ClNO5. The minimum Gasteiger partial charge on any atom is -0.493 e. The number of aryl methyl sites for hydroxylation is 1. The van der Waals surface area contributed by atoms with Crippen LogP contribution in [0.15, 0.2) is 42.5 Å². The van der Waals surface area contributed by atoms with E-state index in [9.17, 15) is 9.59 Å². The van der Waals surface area contributed by atoms with Crippen LogP contribution in [0.2, 0.25) is 5.02 Å². The third kappa shape index (κ3) is 5.76. The first-order valence-corrected chi connectivity index (χ1v) is 9.00. The first-order valence-electron chi connectivity index (χ1n) is 8.62. The Kier molecular flexibility index (Phi) is 7.89. The maximum absolute atomic E-state index is 12.0. The Morgan fingerprint density at radius 2 is 1.89 bits per heavy atom. The number of hydrogen-bond donors (Lipinski definition) is 1. The van der Waals surface area contributed by atoms with E-state index < -0.39 is 11.9 Å². The molecule has 0 aliphatic rings. The summed E-state index contributed by atoms with van der Waals surface area (Å²) in [5.74, 6) is -0.202. The minimum absolute atomic E-state index is 0.351. The van der Waals surface area contributed by atoms with E-state index in [-0.39, 0.29) is 6.61 Å². The molecule has 2 rings (SSSR count). The number of carbonyl (C=O) groups is 2. The van der Waals surface area contributed by atoms with Gasteiger partial charge in [-0.2, -0.15) is 0 Å². The van der Waals surface area contributed by atoms with Gasteiger partial charge in [-0.1, -0.05) is 36.7 Å². The zero-order chi connectivity index (χ0) is 20.5. The van der Waals surface area contributed by atoms with E-state index in [1.807, 2.05) is 25.1 Å². The van der Waals surface area contributed by atoms with Gasteiger partial charge in [0.15, 0.2) is 18.1 Å². The third-order valence-electron chi connectivity index (χ3n) is 3.89. The summed E-state index contributed by atoms with van der Waals surface area (Å²) < 4.78 is 15.3. The van der Waals surface area contributed by atoms with Crippen LogP contribution in [0.4, 0.5) is 5.69 Å². The summed E-state index contributed by atoms with van der Waals surface area (Å²) in [6.45, 7) is 1.62. The number of methoxy groups -OCH3 is 2. The molecule has 0 unspecified atom stereocenters. The molecule has 0 atom stereocenters. The van der Waals surface area contributed by atoms with E-state index in [2.05, 4.69) is 5.32 Å². The summed E-state index contributed by atoms with van der Waals surface area (Å²) in [6.07, 6.45) is 3.51. The maximum Gasteiger partial charge on any atom is 0.331 e. The van der Waals surface area contributed by atoms with Gasteiger partial charge in [0.1, 0.15) is 0 Å². The molecule has 7 heteroatoms. The number of esters is 1. The molecule has 0 saturated carbocycles. The fraction of sp³-hybridized carbons (Fsp3) is 0.238. The zero-order valence-corrected chi connectivity index (χ0v) is 16.7. The maximum atomic E-state index is 12.0. The quantitative estimate of drug-likeness (QED) is 0.530. The molecule has 1 amide bonds. The van der Waals surface area contributed by atoms with Gasteiger partial charge in [-0.05, 0) is 41.8 Å². The van der Waals surface area contributed by atoms with Crippen LogP contribution in [0, 0.1) is 0 Å². The second-order valence-corrected chi connectivity index (χ2v) is 6.15. The van der Waals surface area contributed by atoms with Crippen molar-refractivity contribution in [3.63, 3.8) is 0 Å². The lowest BCUT2D eigenvalue weighted by atomic mass is 10.1. The highest BCUT2D eigenvalue weighted by atomic mass is 35.5. The average molecular weight is 404 g/mol. The number of carbonyl (C=O) groups excluding carboxylic acids is 2. The SMILES string of the molecule is CCc1ccccc1NC(=O)COC(=O)/C=C/c1cc(Cl)c(OC)c(OC)c1. The van der Waals surface area contributed by atoms with E-state index in [0.717, 1.165) is 12.0 Å². The van der Waals surface area contributed by atoms with Gasteiger partial charge < -0.3 is 19.5 Å². The Balaban J connectivity index is 1.93. The number of halogens is 1. The van der Waals surface area contributed by atoms with E-state index in [1.54, 1.807) is 18.2 Å². The van der Waals surface area contributed by atoms with Gasteiger partial charge in [-0.3, -0.25) is 4.79 Å². The topological polar surface area (TPSA) is 73.9 Å². The van der Waals surface area contributed by atoms with E-state index >= 15 is 0 Å². The van der Waals surface area contributed by atoms with Crippen LogP contribution in [-0.4, -0.2) is 32.7 Å². The number of ether oxygens (including phenoxy) is 3. The van der Waals surface area contributed by atoms with Crippen molar-refractivity contribution in [2.75, 3.05) is 26.1 Å². The monoisotopic (exact) mass is 403 g/mol. The summed E-state index contributed by atoms with van der Waals surface area (Å²) in [7, 11) is 2.98. The van der Waals surface area contributed by atoms with Gasteiger partial charge >= 0.3 is 5.97 Å². The highest BCUT2D eigenvalue weighted by Crippen LogP contribution is 2.36. The van der Waals surface area contributed by atoms with E-state index in [4.69, 9.17) is 25.8 Å². The number of amides is 1. The molecule has 0 aromatic heterocycles. The van der Waals surface area contributed by atoms with Crippen molar-refractivity contribution in [3.05, 3.63) is 58.6 Å². The van der Waals surface area contributed by atoms with Crippen molar-refractivity contribution in [1.29, 1.82) is 0 Å². The number of hydrogen-bond acceptors (Lipinski definition) is 5. The van der Waals surface area contributed by atoms with Crippen molar-refractivity contribution in [2.45, 2.75) is 13.3 Å². The summed E-state index contributed by atoms with van der Waals surface area (Å²) in [5.41, 5.74) is 2.34. The fourth-order valence-electron chi connectivity index (χ4n) is 2.52. The summed E-state index contributed by atoms with van der Waals surface area (Å²) in [4.78, 5) is 23.9. The first-order chi connectivity index (χ1) is 13.5. The summed E-state index contributed by atoms with van der Waals surface area (Å²) in [5, 5.41) is 3.09. The number of para-hydroxylation sites is 1. The summed E-state index contributed by atoms with van der Waals surface area (Å²) in [6, 6.07) is 10.8. The Morgan fingerprint density at radius 1 is 1.14 bits per heavy atom. The molecule has 0 heterocycles. The molecular weight excluding hydrogens is 382 g/mol. The molecule has 6 nitrogen and oxygen atoms in total. The largest absolute Gasteiger partial charge is 0.493 e. The second kappa shape index (κ2) is 10.4. The molecule has 0 aliphatic carbocycles. The lowest BCUT2D eigenvalue weighted by Gasteiger charge is -2.10. The van der Waals surface area contributed by atoms with Gasteiger partial charge in [0.05, 0.1) is 19.2 Å². The minimum atomic E-state index is -0.648. The molecule has 0 fully saturated rings. The van der Waals surface area contributed by atoms with E-state index in [1.165, 1.54) is 26.4 Å². The van der Waals surface area contributed by atoms with Crippen molar-refractivity contribution < 1.29 is 23.8 Å². The molecule has 28 heavy (non-hydrogen) atoms. The van der Waals surface area contributed by atoms with Gasteiger partial charge in [0, 0.05) is 11.8 Å². The van der Waals surface area contributed by atoms with Crippen LogP contribution in [0.5, 0.6) is 11.5 Å². The van der Waals surface area contributed by atoms with Crippen LogP contribution >= 0.6 is 11.6 Å². The molecule has 1 N–H and O–H groups in total. The molecule has 0 radical (unpaired) electrons. The normalized spacial score (nSPS) is 10.6. The van der Waals surface area contributed by atoms with Crippen molar-refractivity contribution in [3.8, 4) is 11.5 Å². The van der Waals surface area contributed by atoms with Gasteiger partial charge in [0.2, 0.25) is 0 Å². The lowest BCUT2D eigenvalue weighted by molar-refractivity contribution is -0.142. The van der Waals surface area contributed by atoms with Crippen molar-refractivity contribution >= 4 is 35.2 Å². The molecule has 0 aliphatic heterocycles. The van der Waals surface area contributed by atoms with E-state index in [0.29, 0.717) is 27.8 Å². The van der Waals surface area contributed by atoms with Gasteiger partial charge in [-0.15, -0.1) is 0 Å². The molecule has 0 saturated heterocycles. The Morgan fingerprint density at radius 3 is 2.57 bits per heavy atom. The van der Waals surface area contributed by atoms with Crippen LogP contribution < -0.4 is 14.8 Å². The van der Waals surface area contributed by atoms with Crippen LogP contribution in [0.25, 0.3) is 6.08 Å². The molecule has 148 valence electrons. The lowest BCUT2D eigenvalue weighted by Crippen LogP contribution is -2.20. The standard InChI is InChI=1S/C21H22ClNO5/c1-4-15-7-5-6-8-17(15)23-19(24)13-28-20(25)10-9-14-11-16(22)21(27-3)18(12-14)26-2/h5-12H,4,13H2,1-3H3,(H,23,24)/b10-9+. The molecule has 2 aromatic rings. The predicted octanol–water partition coefficient (Wildman–Crippen LogP) is 4.11. The summed E-state index contributed by atoms with van der Waals surface area (Å²) >= 11 is 6.13. The predicted molar refractivity (Wildman–Crippen MR) is 109 cm³/mol. The Hall–Kier alpha value is -2.99. The Labute approximate surface area is 169 Å². The van der Waals surface area contributed by atoms with Gasteiger partial charge in [0.25, 0.3) is 5.91 Å². The first kappa shape index (κ1) is 21.3. The van der Waals surface area contributed by atoms with Gasteiger partial charge in [-0.25, -0.2) is 4.79 Å². The molecule has 0 bridgehead atoms. The fourth-order valence-corrected chi connectivity index (χ4v) is 2.82. The molecule has 2 aromatic carbocycles. The second-order valence-electron chi connectivity index (χ2n) is 5.74. The van der Waals surface area contributed by atoms with Crippen LogP contribution in [-0.2, 0) is 20.7 Å². The van der Waals surface area contributed by atoms with Crippen molar-refractivity contribution in [1.82, 2.24) is 0 Å². The molecule has 0 spiro atoms. The number of benzene rings is 2. The van der Waals surface area contributed by atoms with Crippen LogP contribution in [0.3, 0.4) is 0 Å². The highest BCUT2D eigenvalue weighted by Gasteiger charge is 2.11. The number of rotatable bonds is 8. The Bertz CT molecular complexity index is 879.